The van der Waals surface area contributed by atoms with Crippen molar-refractivity contribution in [3.8, 4) is 0 Å². The van der Waals surface area contributed by atoms with Crippen LogP contribution in [0, 0.1) is 0 Å². The lowest BCUT2D eigenvalue weighted by Gasteiger charge is -1.78. The molecule has 5 heavy (non-hydrogen) atoms. The second-order valence-electron chi connectivity index (χ2n) is 0.383. The summed E-state index contributed by atoms with van der Waals surface area (Å²) in [4.78, 5) is 0. The summed E-state index contributed by atoms with van der Waals surface area (Å²) in [5, 5.41) is 0. The molecule has 0 rings (SSSR count). The topological polar surface area (TPSA) is 0 Å². The molecular weight excluding hydrogens is 539 g/mol. The molecule has 0 N–H and O–H groups in total. The quantitative estimate of drug-likeness (QED) is 0.317. The minimum atomic E-state index is -0.509. The van der Waals surface area contributed by atoms with E-state index in [0.29, 0.717) is 0 Å². The molecule has 32 valence electrons. The summed E-state index contributed by atoms with van der Waals surface area (Å²) < 4.78 is -0.509. The minimum absolute atomic E-state index is 0.509. The van der Waals surface area contributed by atoms with Gasteiger partial charge in [0.1, 0.15) is 0 Å². The van der Waals surface area contributed by atoms with E-state index < -0.39 is -2.17 Å². The molecule has 0 bridgehead atoms. The summed E-state index contributed by atoms with van der Waals surface area (Å²) in [6.07, 6.45) is 0. The third-order valence-electron chi connectivity index (χ3n) is 0. The van der Waals surface area contributed by atoms with Crippen LogP contribution in [-0.2, 0) is 0 Å². The molecular formula is I4P+. The summed E-state index contributed by atoms with van der Waals surface area (Å²) in [5.41, 5.74) is 0. The van der Waals surface area contributed by atoms with Gasteiger partial charge >= 0.3 is 0 Å². The van der Waals surface area contributed by atoms with Gasteiger partial charge in [0.25, 0.3) is -2.17 Å². The highest BCUT2D eigenvalue weighted by atomic mass is 127. The first-order valence-electron chi connectivity index (χ1n) is 0.676. The van der Waals surface area contributed by atoms with E-state index in [1.807, 2.05) is 0 Å². The molecule has 0 unspecified atom stereocenters. The fraction of sp³-hybridized carbons (Fsp3) is 0. The molecule has 0 saturated carbocycles. The van der Waals surface area contributed by atoms with Gasteiger partial charge in [-0.2, -0.15) is 0 Å². The van der Waals surface area contributed by atoms with E-state index in [-0.39, 0.29) is 0 Å². The van der Waals surface area contributed by atoms with Gasteiger partial charge in [-0.1, -0.05) is 0 Å². The van der Waals surface area contributed by atoms with Crippen LogP contribution in [0.3, 0.4) is 0 Å². The third-order valence-corrected chi connectivity index (χ3v) is 0. The second-order valence-corrected chi connectivity index (χ2v) is 51.7. The van der Waals surface area contributed by atoms with Gasteiger partial charge in [0.2, 0.25) is 0 Å². The normalized spacial score (nSPS) is 12.0. The summed E-state index contributed by atoms with van der Waals surface area (Å²) in [5.74, 6) is 0. The van der Waals surface area contributed by atoms with Crippen LogP contribution in [0.15, 0.2) is 0 Å². The average Bonchev–Trinajstić information content (AvgIpc) is 0.722. The Labute approximate surface area is 83.9 Å². The first kappa shape index (κ1) is 8.35. The Hall–Kier alpha value is 3.35. The van der Waals surface area contributed by atoms with Crippen LogP contribution in [0.2, 0.25) is 0 Å². The van der Waals surface area contributed by atoms with Gasteiger partial charge in [-0.05, 0) is 0 Å². The predicted octanol–water partition coefficient (Wildman–Crippen LogP) is 4.40. The molecule has 0 aliphatic rings. The van der Waals surface area contributed by atoms with Crippen molar-refractivity contribution >= 4 is 86.0 Å². The number of hydrogen-bond donors (Lipinski definition) is 0. The smallest absolute Gasteiger partial charge is 0.186 e. The van der Waals surface area contributed by atoms with Crippen LogP contribution in [-0.4, -0.2) is 0 Å². The molecule has 0 aliphatic heterocycles. The standard InChI is InChI=1S/I4P/c1-5(2,3)4/q+1. The van der Waals surface area contributed by atoms with Crippen LogP contribution in [0.1, 0.15) is 0 Å². The molecule has 0 aromatic heterocycles. The van der Waals surface area contributed by atoms with Gasteiger partial charge in [0.15, 0.2) is 88.2 Å². The summed E-state index contributed by atoms with van der Waals surface area (Å²) >= 11 is 9.79. The summed E-state index contributed by atoms with van der Waals surface area (Å²) in [6, 6.07) is 0. The van der Waals surface area contributed by atoms with Crippen molar-refractivity contribution in [3.05, 3.63) is 0 Å². The van der Waals surface area contributed by atoms with Crippen molar-refractivity contribution in [1.29, 1.82) is 0 Å². The van der Waals surface area contributed by atoms with E-state index in [4.69, 9.17) is 0 Å². The Morgan fingerprint density at radius 1 is 0.800 bits per heavy atom. The third kappa shape index (κ3) is 18.7. The molecule has 0 fully saturated rings. The molecule has 0 spiro atoms. The average molecular weight is 539 g/mol. The maximum Gasteiger partial charge on any atom is 0.254 e. The predicted molar refractivity (Wildman–Crippen MR) is 63.0 cm³/mol. The Bertz CT molecular complexity index is 19.1. The van der Waals surface area contributed by atoms with Gasteiger partial charge in [-0.15, -0.1) is 0 Å². The molecule has 0 aromatic carbocycles. The summed E-state index contributed by atoms with van der Waals surface area (Å²) in [7, 11) is 0. The number of hydrogen-bond acceptors (Lipinski definition) is 0. The maximum atomic E-state index is 2.45. The molecule has 0 radical (unpaired) electrons. The Balaban J connectivity index is 3.02. The SMILES string of the molecule is I[P+](I)(I)I. The van der Waals surface area contributed by atoms with Gasteiger partial charge in [0.05, 0.1) is 0 Å². The molecule has 0 atom stereocenters. The van der Waals surface area contributed by atoms with E-state index in [9.17, 15) is 0 Å². The highest BCUT2D eigenvalue weighted by Gasteiger charge is 2.22. The minimum Gasteiger partial charge on any atom is 0.186 e. The zero-order valence-corrected chi connectivity index (χ0v) is 11.5. The van der Waals surface area contributed by atoms with Crippen molar-refractivity contribution < 1.29 is 0 Å². The maximum absolute atomic E-state index is 2.45. The monoisotopic (exact) mass is 539 g/mol. The Kier molecular flexibility index (Phi) is 5.66. The lowest BCUT2D eigenvalue weighted by atomic mass is 30.9. The molecule has 0 aliphatic carbocycles. The van der Waals surface area contributed by atoms with Crippen LogP contribution in [0.4, 0.5) is 0 Å². The fourth-order valence-corrected chi connectivity index (χ4v) is 0. The van der Waals surface area contributed by atoms with E-state index >= 15 is 0 Å². The van der Waals surface area contributed by atoms with Crippen molar-refractivity contribution in [3.63, 3.8) is 0 Å². The highest BCUT2D eigenvalue weighted by Crippen LogP contribution is 2.87. The largest absolute Gasteiger partial charge is 0.254 e. The Morgan fingerprint density at radius 3 is 0.800 bits per heavy atom. The first-order valence-corrected chi connectivity index (χ1v) is 13.6. The van der Waals surface area contributed by atoms with Gasteiger partial charge in [-0.3, -0.25) is 0 Å². The number of rotatable bonds is 0. The van der Waals surface area contributed by atoms with Crippen molar-refractivity contribution in [1.82, 2.24) is 0 Å². The molecule has 0 nitrogen and oxygen atoms in total. The van der Waals surface area contributed by atoms with Gasteiger partial charge in [-0.25, -0.2) is 0 Å². The zero-order chi connectivity index (χ0) is 4.50. The summed E-state index contributed by atoms with van der Waals surface area (Å²) in [6.45, 7) is 0. The molecule has 0 heterocycles. The number of halogens is 4. The van der Waals surface area contributed by atoms with E-state index in [0.717, 1.165) is 0 Å². The molecule has 0 aromatic rings. The fourth-order valence-electron chi connectivity index (χ4n) is 0. The zero-order valence-electron chi connectivity index (χ0n) is 1.96. The van der Waals surface area contributed by atoms with Gasteiger partial charge in [0, 0.05) is 0 Å². The first-order chi connectivity index (χ1) is 2.00. The van der Waals surface area contributed by atoms with Crippen LogP contribution in [0.25, 0.3) is 0 Å². The van der Waals surface area contributed by atoms with E-state index in [1.165, 1.54) is 0 Å². The lowest BCUT2D eigenvalue weighted by molar-refractivity contribution is 6.40. The van der Waals surface area contributed by atoms with E-state index in [1.54, 1.807) is 0 Å². The van der Waals surface area contributed by atoms with Crippen LogP contribution in [0.5, 0.6) is 0 Å². The van der Waals surface area contributed by atoms with Crippen LogP contribution < -0.4 is 0 Å². The van der Waals surface area contributed by atoms with Crippen molar-refractivity contribution in [2.45, 2.75) is 0 Å². The van der Waals surface area contributed by atoms with Gasteiger partial charge < -0.3 is 0 Å². The highest BCUT2D eigenvalue weighted by molar-refractivity contribution is 14.5. The van der Waals surface area contributed by atoms with Crippen molar-refractivity contribution in [2.75, 3.05) is 0 Å². The van der Waals surface area contributed by atoms with E-state index in [2.05, 4.69) is 88.2 Å². The molecule has 0 amide bonds. The Morgan fingerprint density at radius 2 is 0.800 bits per heavy atom. The molecule has 0 saturated heterocycles. The lowest BCUT2D eigenvalue weighted by Crippen LogP contribution is -1.13. The molecule has 5 heteroatoms. The van der Waals surface area contributed by atoms with Crippen LogP contribution >= 0.6 is 86.0 Å². The van der Waals surface area contributed by atoms with Crippen molar-refractivity contribution in [2.24, 2.45) is 0 Å². The second kappa shape index (κ2) is 3.39.